The Labute approximate surface area is 133 Å². The van der Waals surface area contributed by atoms with Crippen molar-refractivity contribution in [2.45, 2.75) is 64.1 Å². The van der Waals surface area contributed by atoms with E-state index in [1.807, 2.05) is 6.20 Å². The molecule has 0 aromatic carbocycles. The average molecular weight is 308 g/mol. The maximum Gasteiger partial charge on any atom is 0.147 e. The topological polar surface area (TPSA) is 28.2 Å². The minimum Gasteiger partial charge on any atom is -0.355 e. The molecule has 0 amide bonds. The molecule has 1 aromatic heterocycles. The van der Waals surface area contributed by atoms with E-state index in [2.05, 4.69) is 35.2 Å². The number of hydrogen-bond donors (Lipinski definition) is 1. The van der Waals surface area contributed by atoms with E-state index in [9.17, 15) is 0 Å². The molecule has 2 unspecified atom stereocenters. The van der Waals surface area contributed by atoms with Gasteiger partial charge in [0.25, 0.3) is 0 Å². The molecule has 2 aliphatic rings. The highest BCUT2D eigenvalue weighted by atomic mass is 35.5. The maximum absolute atomic E-state index is 6.49. The summed E-state index contributed by atoms with van der Waals surface area (Å²) in [5.41, 5.74) is 1.18. The van der Waals surface area contributed by atoms with Crippen LogP contribution in [0.1, 0.15) is 51.0 Å². The molecule has 21 heavy (non-hydrogen) atoms. The van der Waals surface area contributed by atoms with Crippen molar-refractivity contribution in [2.24, 2.45) is 5.92 Å². The van der Waals surface area contributed by atoms with Gasteiger partial charge in [0.2, 0.25) is 0 Å². The molecule has 0 spiro atoms. The smallest absolute Gasteiger partial charge is 0.147 e. The fraction of sp³-hybridized carbons (Fsp3) is 0.706. The lowest BCUT2D eigenvalue weighted by Gasteiger charge is -2.37. The zero-order valence-corrected chi connectivity index (χ0v) is 13.9. The largest absolute Gasteiger partial charge is 0.355 e. The van der Waals surface area contributed by atoms with Gasteiger partial charge in [-0.25, -0.2) is 4.98 Å². The summed E-state index contributed by atoms with van der Waals surface area (Å²) in [6, 6.07) is 3.36. The van der Waals surface area contributed by atoms with Crippen molar-refractivity contribution in [1.29, 1.82) is 0 Å². The van der Waals surface area contributed by atoms with Gasteiger partial charge in [-0.3, -0.25) is 0 Å². The van der Waals surface area contributed by atoms with Crippen molar-refractivity contribution in [1.82, 2.24) is 10.3 Å². The molecule has 116 valence electrons. The zero-order valence-electron chi connectivity index (χ0n) is 13.1. The van der Waals surface area contributed by atoms with Crippen LogP contribution >= 0.6 is 11.6 Å². The van der Waals surface area contributed by atoms with Crippen molar-refractivity contribution in [3.63, 3.8) is 0 Å². The first-order chi connectivity index (χ1) is 10.1. The normalized spacial score (nSPS) is 25.9. The first kappa shape index (κ1) is 15.1. The van der Waals surface area contributed by atoms with Gasteiger partial charge in [-0.05, 0) is 43.2 Å². The maximum atomic E-state index is 6.49. The highest BCUT2D eigenvalue weighted by molar-refractivity contribution is 6.33. The Hall–Kier alpha value is -0.800. The Morgan fingerprint density at radius 2 is 2.05 bits per heavy atom. The molecular weight excluding hydrogens is 282 g/mol. The van der Waals surface area contributed by atoms with Crippen LogP contribution in [-0.4, -0.2) is 24.1 Å². The number of pyridine rings is 1. The van der Waals surface area contributed by atoms with Gasteiger partial charge >= 0.3 is 0 Å². The van der Waals surface area contributed by atoms with E-state index in [0.29, 0.717) is 12.1 Å². The Bertz CT molecular complexity index is 487. The van der Waals surface area contributed by atoms with Gasteiger partial charge in [-0.2, -0.15) is 0 Å². The molecule has 2 aliphatic carbocycles. The predicted octanol–water partition coefficient (Wildman–Crippen LogP) is 4.00. The Morgan fingerprint density at radius 3 is 2.71 bits per heavy atom. The van der Waals surface area contributed by atoms with Crippen LogP contribution < -0.4 is 10.2 Å². The van der Waals surface area contributed by atoms with Gasteiger partial charge in [0.05, 0.1) is 5.02 Å². The number of hydrogen-bond acceptors (Lipinski definition) is 3. The number of rotatable bonds is 5. The molecule has 1 N–H and O–H groups in total. The lowest BCUT2D eigenvalue weighted by atomic mass is 9.85. The second-order valence-electron chi connectivity index (χ2n) is 6.74. The van der Waals surface area contributed by atoms with Crippen LogP contribution in [0.2, 0.25) is 5.02 Å². The van der Waals surface area contributed by atoms with E-state index in [4.69, 9.17) is 11.6 Å². The van der Waals surface area contributed by atoms with Crippen LogP contribution in [-0.2, 0) is 6.54 Å². The van der Waals surface area contributed by atoms with Gasteiger partial charge < -0.3 is 10.2 Å². The van der Waals surface area contributed by atoms with Crippen LogP contribution in [0.3, 0.4) is 0 Å². The third-order valence-electron chi connectivity index (χ3n) is 4.95. The fourth-order valence-electron chi connectivity index (χ4n) is 3.41. The van der Waals surface area contributed by atoms with E-state index in [0.717, 1.165) is 23.3 Å². The second-order valence-corrected chi connectivity index (χ2v) is 7.15. The van der Waals surface area contributed by atoms with Crippen LogP contribution in [0, 0.1) is 5.92 Å². The Morgan fingerprint density at radius 1 is 1.29 bits per heavy atom. The van der Waals surface area contributed by atoms with E-state index in [1.54, 1.807) is 0 Å². The van der Waals surface area contributed by atoms with Gasteiger partial charge in [0.1, 0.15) is 5.82 Å². The van der Waals surface area contributed by atoms with Crippen molar-refractivity contribution < 1.29 is 0 Å². The van der Waals surface area contributed by atoms with Crippen molar-refractivity contribution in [3.8, 4) is 0 Å². The molecule has 2 fully saturated rings. The van der Waals surface area contributed by atoms with E-state index < -0.39 is 0 Å². The average Bonchev–Trinajstić information content (AvgIpc) is 3.29. The summed E-state index contributed by atoms with van der Waals surface area (Å²) in [5, 5.41) is 4.29. The highest BCUT2D eigenvalue weighted by Gasteiger charge is 2.27. The van der Waals surface area contributed by atoms with Gasteiger partial charge in [0.15, 0.2) is 0 Å². The first-order valence-electron chi connectivity index (χ1n) is 8.26. The van der Waals surface area contributed by atoms with Crippen LogP contribution in [0.15, 0.2) is 12.3 Å². The van der Waals surface area contributed by atoms with Gasteiger partial charge in [-0.15, -0.1) is 0 Å². The number of nitrogens with one attached hydrogen (secondary N) is 1. The monoisotopic (exact) mass is 307 g/mol. The van der Waals surface area contributed by atoms with E-state index in [-0.39, 0.29) is 0 Å². The molecule has 1 aromatic rings. The second kappa shape index (κ2) is 6.53. The SMILES string of the molecule is CC1CCCCC1N(C)c1ncc(CNC2CC2)cc1Cl. The van der Waals surface area contributed by atoms with E-state index >= 15 is 0 Å². The minimum absolute atomic E-state index is 0.569. The van der Waals surface area contributed by atoms with Crippen LogP contribution in [0.4, 0.5) is 5.82 Å². The molecule has 0 bridgehead atoms. The molecule has 3 nitrogen and oxygen atoms in total. The first-order valence-corrected chi connectivity index (χ1v) is 8.63. The summed E-state index contributed by atoms with van der Waals surface area (Å²) in [4.78, 5) is 6.94. The summed E-state index contributed by atoms with van der Waals surface area (Å²) in [7, 11) is 2.14. The van der Waals surface area contributed by atoms with E-state index in [1.165, 1.54) is 44.1 Å². The number of aromatic nitrogens is 1. The highest BCUT2D eigenvalue weighted by Crippen LogP contribution is 2.33. The third kappa shape index (κ3) is 3.70. The molecular formula is C17H26ClN3. The minimum atomic E-state index is 0.569. The molecule has 0 radical (unpaired) electrons. The molecule has 0 saturated heterocycles. The van der Waals surface area contributed by atoms with Crippen molar-refractivity contribution >= 4 is 17.4 Å². The third-order valence-corrected chi connectivity index (χ3v) is 5.23. The summed E-state index contributed by atoms with van der Waals surface area (Å²) >= 11 is 6.49. The molecule has 3 rings (SSSR count). The lowest BCUT2D eigenvalue weighted by Crippen LogP contribution is -2.39. The zero-order chi connectivity index (χ0) is 14.8. The lowest BCUT2D eigenvalue weighted by molar-refractivity contribution is 0.320. The van der Waals surface area contributed by atoms with Crippen LogP contribution in [0.5, 0.6) is 0 Å². The molecule has 2 saturated carbocycles. The summed E-state index contributed by atoms with van der Waals surface area (Å²) in [6.07, 6.45) is 9.83. The summed E-state index contributed by atoms with van der Waals surface area (Å²) < 4.78 is 0. The number of halogens is 1. The van der Waals surface area contributed by atoms with Crippen LogP contribution in [0.25, 0.3) is 0 Å². The molecule has 2 atom stereocenters. The molecule has 1 heterocycles. The summed E-state index contributed by atoms with van der Waals surface area (Å²) in [6.45, 7) is 3.23. The Kier molecular flexibility index (Phi) is 4.70. The number of anilines is 1. The molecule has 0 aliphatic heterocycles. The standard InChI is InChI=1S/C17H26ClN3/c1-12-5-3-4-6-16(12)21(2)17-15(18)9-13(11-20-17)10-19-14-7-8-14/h9,11-12,14,16,19H,3-8,10H2,1-2H3. The number of nitrogens with zero attached hydrogens (tertiary/aromatic N) is 2. The Balaban J connectivity index is 1.68. The quantitative estimate of drug-likeness (QED) is 0.891. The van der Waals surface area contributed by atoms with Crippen molar-refractivity contribution in [3.05, 3.63) is 22.8 Å². The van der Waals surface area contributed by atoms with Crippen molar-refractivity contribution in [2.75, 3.05) is 11.9 Å². The van der Waals surface area contributed by atoms with Gasteiger partial charge in [0, 0.05) is 31.9 Å². The summed E-state index contributed by atoms with van der Waals surface area (Å²) in [5.74, 6) is 1.66. The molecule has 4 heteroatoms. The van der Waals surface area contributed by atoms with Gasteiger partial charge in [-0.1, -0.05) is 31.4 Å². The predicted molar refractivity (Wildman–Crippen MR) is 88.9 cm³/mol. The fourth-order valence-corrected chi connectivity index (χ4v) is 3.73.